The summed E-state index contributed by atoms with van der Waals surface area (Å²) in [7, 11) is 0. The van der Waals surface area contributed by atoms with Crippen molar-refractivity contribution in [3.8, 4) is 11.1 Å². The summed E-state index contributed by atoms with van der Waals surface area (Å²) in [4.78, 5) is 18.6. The largest absolute Gasteiger partial charge is 0.381 e. The molecule has 1 aromatic carbocycles. The van der Waals surface area contributed by atoms with E-state index in [9.17, 15) is 4.79 Å². The Labute approximate surface area is 169 Å². The molecule has 0 unspecified atom stereocenters. The van der Waals surface area contributed by atoms with Crippen molar-refractivity contribution in [2.24, 2.45) is 5.41 Å². The number of benzene rings is 1. The van der Waals surface area contributed by atoms with E-state index in [1.165, 1.54) is 16.0 Å². The molecule has 3 aromatic rings. The van der Waals surface area contributed by atoms with Gasteiger partial charge in [0, 0.05) is 30.5 Å². The lowest BCUT2D eigenvalue weighted by Gasteiger charge is -2.36. The number of hydrogen-bond acceptors (Lipinski definition) is 4. The van der Waals surface area contributed by atoms with Crippen LogP contribution in [0.25, 0.3) is 11.1 Å². The third-order valence-electron chi connectivity index (χ3n) is 5.47. The van der Waals surface area contributed by atoms with Crippen LogP contribution in [0.15, 0.2) is 66.3 Å². The number of pyridine rings is 1. The van der Waals surface area contributed by atoms with Crippen molar-refractivity contribution < 1.29 is 9.53 Å². The molecule has 3 heterocycles. The van der Waals surface area contributed by atoms with E-state index in [0.29, 0.717) is 26.2 Å². The molecule has 1 aliphatic heterocycles. The fourth-order valence-corrected chi connectivity index (χ4v) is 4.51. The summed E-state index contributed by atoms with van der Waals surface area (Å²) < 4.78 is 5.59. The number of ether oxygens (including phenoxy) is 1. The fourth-order valence-electron chi connectivity index (χ4n) is 3.87. The second-order valence-corrected chi connectivity index (χ2v) is 8.26. The van der Waals surface area contributed by atoms with Crippen molar-refractivity contribution in [3.05, 3.63) is 76.7 Å². The number of thiophene rings is 1. The van der Waals surface area contributed by atoms with Gasteiger partial charge in [0.1, 0.15) is 0 Å². The molecule has 0 atom stereocenters. The molecule has 1 amide bonds. The molecule has 5 heteroatoms. The van der Waals surface area contributed by atoms with Crippen LogP contribution in [0.3, 0.4) is 0 Å². The third kappa shape index (κ3) is 4.16. The molecule has 1 saturated heterocycles. The van der Waals surface area contributed by atoms with Gasteiger partial charge in [-0.05, 0) is 59.5 Å². The molecule has 0 aliphatic carbocycles. The van der Waals surface area contributed by atoms with E-state index >= 15 is 0 Å². The number of nitrogens with zero attached hydrogens (tertiary/aromatic N) is 1. The highest BCUT2D eigenvalue weighted by atomic mass is 32.1. The number of amides is 1. The maximum Gasteiger partial charge on any atom is 0.227 e. The lowest BCUT2D eigenvalue weighted by Crippen LogP contribution is -2.45. The Kier molecular flexibility index (Phi) is 5.84. The standard InChI is InChI=1S/C23H24N2O2S/c26-22(25-17-20-5-3-15-28-20)23(9-13-27-14-10-23)16-19-4-1-2-6-21(19)18-7-11-24-12-8-18/h1-8,11-12,15H,9-10,13-14,16-17H2,(H,25,26). The second kappa shape index (κ2) is 8.67. The van der Waals surface area contributed by atoms with Crippen molar-refractivity contribution >= 4 is 17.2 Å². The third-order valence-corrected chi connectivity index (χ3v) is 6.35. The Hall–Kier alpha value is -2.50. The minimum Gasteiger partial charge on any atom is -0.381 e. The van der Waals surface area contributed by atoms with Crippen LogP contribution in [0.4, 0.5) is 0 Å². The predicted molar refractivity (Wildman–Crippen MR) is 112 cm³/mol. The fraction of sp³-hybridized carbons (Fsp3) is 0.304. The quantitative estimate of drug-likeness (QED) is 0.674. The van der Waals surface area contributed by atoms with Crippen LogP contribution in [0.1, 0.15) is 23.3 Å². The SMILES string of the molecule is O=C(NCc1cccs1)C1(Cc2ccccc2-c2ccncc2)CCOCC1. The summed E-state index contributed by atoms with van der Waals surface area (Å²) in [5.41, 5.74) is 3.06. The Balaban J connectivity index is 1.60. The molecular formula is C23H24N2O2S. The smallest absolute Gasteiger partial charge is 0.227 e. The van der Waals surface area contributed by atoms with E-state index in [4.69, 9.17) is 4.74 Å². The Morgan fingerprint density at radius 3 is 2.61 bits per heavy atom. The molecular weight excluding hydrogens is 368 g/mol. The number of carbonyl (C=O) groups is 1. The zero-order valence-corrected chi connectivity index (χ0v) is 16.6. The summed E-state index contributed by atoms with van der Waals surface area (Å²) >= 11 is 1.67. The number of carbonyl (C=O) groups excluding carboxylic acids is 1. The first-order valence-corrected chi connectivity index (χ1v) is 10.5. The first-order chi connectivity index (χ1) is 13.8. The van der Waals surface area contributed by atoms with Crippen LogP contribution in [-0.2, 0) is 22.5 Å². The minimum atomic E-state index is -0.432. The number of hydrogen-bond donors (Lipinski definition) is 1. The predicted octanol–water partition coefficient (Wildman–Crippen LogP) is 4.47. The van der Waals surface area contributed by atoms with Crippen molar-refractivity contribution in [3.63, 3.8) is 0 Å². The van der Waals surface area contributed by atoms with Gasteiger partial charge in [0.05, 0.1) is 12.0 Å². The normalized spacial score (nSPS) is 15.9. The van der Waals surface area contributed by atoms with Gasteiger partial charge in [-0.1, -0.05) is 30.3 Å². The van der Waals surface area contributed by atoms with Gasteiger partial charge >= 0.3 is 0 Å². The molecule has 2 aromatic heterocycles. The summed E-state index contributed by atoms with van der Waals surface area (Å²) in [5.74, 6) is 0.133. The Morgan fingerprint density at radius 2 is 1.86 bits per heavy atom. The van der Waals surface area contributed by atoms with Crippen molar-refractivity contribution in [2.75, 3.05) is 13.2 Å². The summed E-state index contributed by atoms with van der Waals surface area (Å²) in [6.07, 6.45) is 5.82. The van der Waals surface area contributed by atoms with E-state index in [0.717, 1.165) is 18.4 Å². The number of nitrogens with one attached hydrogen (secondary N) is 1. The van der Waals surface area contributed by atoms with Crippen LogP contribution in [0.2, 0.25) is 0 Å². The van der Waals surface area contributed by atoms with Gasteiger partial charge in [-0.3, -0.25) is 9.78 Å². The summed E-state index contributed by atoms with van der Waals surface area (Å²) in [6.45, 7) is 1.85. The van der Waals surface area contributed by atoms with E-state index in [1.807, 2.05) is 42.0 Å². The van der Waals surface area contributed by atoms with Gasteiger partial charge < -0.3 is 10.1 Å². The number of aromatic nitrogens is 1. The van der Waals surface area contributed by atoms with Gasteiger partial charge in [-0.25, -0.2) is 0 Å². The highest BCUT2D eigenvalue weighted by Crippen LogP contribution is 2.37. The van der Waals surface area contributed by atoms with E-state index in [1.54, 1.807) is 11.3 Å². The Bertz CT molecular complexity index is 903. The van der Waals surface area contributed by atoms with Gasteiger partial charge in [-0.15, -0.1) is 11.3 Å². The van der Waals surface area contributed by atoms with Gasteiger partial charge in [0.25, 0.3) is 0 Å². The van der Waals surface area contributed by atoms with Crippen molar-refractivity contribution in [1.82, 2.24) is 10.3 Å². The van der Waals surface area contributed by atoms with Crippen molar-refractivity contribution in [2.45, 2.75) is 25.8 Å². The minimum absolute atomic E-state index is 0.133. The molecule has 0 saturated carbocycles. The van der Waals surface area contributed by atoms with Crippen molar-refractivity contribution in [1.29, 1.82) is 0 Å². The maximum atomic E-state index is 13.3. The molecule has 4 nitrogen and oxygen atoms in total. The van der Waals surface area contributed by atoms with Crippen LogP contribution < -0.4 is 5.32 Å². The molecule has 4 rings (SSSR count). The topological polar surface area (TPSA) is 51.2 Å². The number of rotatable bonds is 6. The average molecular weight is 393 g/mol. The second-order valence-electron chi connectivity index (χ2n) is 7.22. The molecule has 0 spiro atoms. The lowest BCUT2D eigenvalue weighted by atomic mass is 9.73. The van der Waals surface area contributed by atoms with Gasteiger partial charge in [-0.2, -0.15) is 0 Å². The van der Waals surface area contributed by atoms with E-state index in [2.05, 4.69) is 34.6 Å². The van der Waals surface area contributed by atoms with Crippen LogP contribution >= 0.6 is 11.3 Å². The van der Waals surface area contributed by atoms with Crippen LogP contribution in [0.5, 0.6) is 0 Å². The average Bonchev–Trinajstić information content (AvgIpc) is 3.27. The first-order valence-electron chi connectivity index (χ1n) is 9.64. The highest BCUT2D eigenvalue weighted by Gasteiger charge is 2.40. The zero-order valence-electron chi connectivity index (χ0n) is 15.8. The van der Waals surface area contributed by atoms with E-state index in [-0.39, 0.29) is 5.91 Å². The molecule has 144 valence electrons. The maximum absolute atomic E-state index is 13.3. The molecule has 0 radical (unpaired) electrons. The molecule has 0 bridgehead atoms. The Morgan fingerprint density at radius 1 is 1.07 bits per heavy atom. The van der Waals surface area contributed by atoms with Gasteiger partial charge in [0.2, 0.25) is 5.91 Å². The monoisotopic (exact) mass is 392 g/mol. The molecule has 1 aliphatic rings. The molecule has 1 fully saturated rings. The molecule has 28 heavy (non-hydrogen) atoms. The van der Waals surface area contributed by atoms with Crippen LogP contribution in [-0.4, -0.2) is 24.1 Å². The zero-order chi connectivity index (χ0) is 19.2. The summed E-state index contributed by atoms with van der Waals surface area (Å²) in [6, 6.07) is 16.5. The highest BCUT2D eigenvalue weighted by molar-refractivity contribution is 7.09. The van der Waals surface area contributed by atoms with E-state index < -0.39 is 5.41 Å². The van der Waals surface area contributed by atoms with Gasteiger partial charge in [0.15, 0.2) is 0 Å². The first kappa shape index (κ1) is 18.8. The molecule has 1 N–H and O–H groups in total. The van der Waals surface area contributed by atoms with Crippen LogP contribution in [0, 0.1) is 5.41 Å². The lowest BCUT2D eigenvalue weighted by molar-refractivity contribution is -0.136. The summed E-state index contributed by atoms with van der Waals surface area (Å²) in [5, 5.41) is 5.22.